The molecule has 3 N–H and O–H groups in total. The number of rotatable bonds is 7. The van der Waals surface area contributed by atoms with E-state index in [4.69, 9.17) is 0 Å². The molecule has 0 spiro atoms. The summed E-state index contributed by atoms with van der Waals surface area (Å²) in [6.07, 6.45) is 3.55. The maximum atomic E-state index is 9.82. The molecule has 0 saturated heterocycles. The van der Waals surface area contributed by atoms with E-state index in [-0.39, 0.29) is 17.5 Å². The first-order valence-electron chi connectivity index (χ1n) is 7.18. The summed E-state index contributed by atoms with van der Waals surface area (Å²) >= 11 is 0. The third-order valence-electron chi connectivity index (χ3n) is 3.45. The summed E-state index contributed by atoms with van der Waals surface area (Å²) in [6.45, 7) is 8.59. The van der Waals surface area contributed by atoms with Crippen LogP contribution in [0.3, 0.4) is 0 Å². The van der Waals surface area contributed by atoms with Crippen LogP contribution in [-0.2, 0) is 0 Å². The predicted molar refractivity (Wildman–Crippen MR) is 79.5 cm³/mol. The van der Waals surface area contributed by atoms with Gasteiger partial charge in [0.05, 0.1) is 5.56 Å². The van der Waals surface area contributed by atoms with E-state index in [0.29, 0.717) is 11.6 Å². The van der Waals surface area contributed by atoms with Crippen molar-refractivity contribution in [2.75, 3.05) is 0 Å². The van der Waals surface area contributed by atoms with E-state index in [0.717, 1.165) is 12.3 Å². The predicted octanol–water partition coefficient (Wildman–Crippen LogP) is 3.96. The van der Waals surface area contributed by atoms with Crippen LogP contribution in [0.2, 0.25) is 0 Å². The van der Waals surface area contributed by atoms with Gasteiger partial charge in [0.1, 0.15) is 11.5 Å². The van der Waals surface area contributed by atoms with Gasteiger partial charge in [-0.2, -0.15) is 0 Å². The van der Waals surface area contributed by atoms with Crippen LogP contribution >= 0.6 is 0 Å². The fourth-order valence-electron chi connectivity index (χ4n) is 2.41. The number of phenolic OH excluding ortho intramolecular Hbond substituents is 2. The highest BCUT2D eigenvalue weighted by Crippen LogP contribution is 2.32. The lowest BCUT2D eigenvalue weighted by molar-refractivity contribution is 0.389. The highest BCUT2D eigenvalue weighted by Gasteiger charge is 2.16. The normalized spacial score (nSPS) is 14.6. The Morgan fingerprint density at radius 1 is 1.00 bits per heavy atom. The van der Waals surface area contributed by atoms with Crippen LogP contribution in [0.25, 0.3) is 0 Å². The van der Waals surface area contributed by atoms with Crippen molar-refractivity contribution in [3.63, 3.8) is 0 Å². The highest BCUT2D eigenvalue weighted by molar-refractivity contribution is 5.44. The minimum absolute atomic E-state index is 0.0600. The molecule has 1 aromatic rings. The Labute approximate surface area is 116 Å². The number of hydrogen-bond acceptors (Lipinski definition) is 3. The molecule has 3 nitrogen and oxygen atoms in total. The van der Waals surface area contributed by atoms with Crippen molar-refractivity contribution in [3.05, 3.63) is 23.8 Å². The molecule has 0 heterocycles. The fourth-order valence-corrected chi connectivity index (χ4v) is 2.41. The second-order valence-electron chi connectivity index (χ2n) is 5.82. The van der Waals surface area contributed by atoms with Gasteiger partial charge < -0.3 is 15.5 Å². The minimum atomic E-state index is -0.0600. The van der Waals surface area contributed by atoms with Crippen LogP contribution in [-0.4, -0.2) is 16.3 Å². The van der Waals surface area contributed by atoms with E-state index < -0.39 is 0 Å². The van der Waals surface area contributed by atoms with Crippen molar-refractivity contribution in [2.45, 2.75) is 59.0 Å². The van der Waals surface area contributed by atoms with E-state index >= 15 is 0 Å². The number of benzene rings is 1. The molecule has 0 bridgehead atoms. The summed E-state index contributed by atoms with van der Waals surface area (Å²) in [5.74, 6) is 1.04. The van der Waals surface area contributed by atoms with E-state index in [2.05, 4.69) is 26.1 Å². The number of aromatic hydroxyl groups is 2. The highest BCUT2D eigenvalue weighted by atomic mass is 16.3. The number of hydrogen-bond donors (Lipinski definition) is 3. The summed E-state index contributed by atoms with van der Waals surface area (Å²) in [5, 5.41) is 23.1. The van der Waals surface area contributed by atoms with Gasteiger partial charge in [-0.25, -0.2) is 0 Å². The zero-order valence-electron chi connectivity index (χ0n) is 12.5. The molecule has 0 saturated carbocycles. The van der Waals surface area contributed by atoms with Crippen molar-refractivity contribution in [1.29, 1.82) is 0 Å². The smallest absolute Gasteiger partial charge is 0.124 e. The lowest BCUT2D eigenvalue weighted by Gasteiger charge is -2.22. The standard InChI is InChI=1S/C16H27NO2/c1-11(2)7-5-8-12(3)17-13(4)16-14(18)9-6-10-15(16)19/h6,9-13,17-19H,5,7-8H2,1-4H3. The van der Waals surface area contributed by atoms with Gasteiger partial charge in [0.25, 0.3) is 0 Å². The Morgan fingerprint density at radius 3 is 2.11 bits per heavy atom. The van der Waals surface area contributed by atoms with Crippen molar-refractivity contribution >= 4 is 0 Å². The van der Waals surface area contributed by atoms with E-state index in [1.54, 1.807) is 18.2 Å². The molecular weight excluding hydrogens is 238 g/mol. The largest absolute Gasteiger partial charge is 0.507 e. The van der Waals surface area contributed by atoms with Gasteiger partial charge in [-0.05, 0) is 38.3 Å². The summed E-state index contributed by atoms with van der Waals surface area (Å²) in [5.41, 5.74) is 0.582. The molecule has 1 rings (SSSR count). The van der Waals surface area contributed by atoms with Gasteiger partial charge in [0, 0.05) is 12.1 Å². The Kier molecular flexibility index (Phi) is 6.16. The quantitative estimate of drug-likeness (QED) is 0.699. The average molecular weight is 265 g/mol. The zero-order valence-corrected chi connectivity index (χ0v) is 12.5. The van der Waals surface area contributed by atoms with E-state index in [1.807, 2.05) is 6.92 Å². The molecule has 2 atom stereocenters. The lowest BCUT2D eigenvalue weighted by atomic mass is 10.0. The summed E-state index contributed by atoms with van der Waals surface area (Å²) in [4.78, 5) is 0. The minimum Gasteiger partial charge on any atom is -0.507 e. The maximum absolute atomic E-state index is 9.82. The molecule has 0 aromatic heterocycles. The lowest BCUT2D eigenvalue weighted by Crippen LogP contribution is -2.29. The number of nitrogens with one attached hydrogen (secondary N) is 1. The topological polar surface area (TPSA) is 52.5 Å². The van der Waals surface area contributed by atoms with Crippen molar-refractivity contribution < 1.29 is 10.2 Å². The molecule has 0 radical (unpaired) electrons. The van der Waals surface area contributed by atoms with E-state index in [9.17, 15) is 10.2 Å². The van der Waals surface area contributed by atoms with Crippen molar-refractivity contribution in [1.82, 2.24) is 5.32 Å². The zero-order chi connectivity index (χ0) is 14.4. The van der Waals surface area contributed by atoms with E-state index in [1.165, 1.54) is 12.8 Å². The molecule has 1 aromatic carbocycles. The van der Waals surface area contributed by atoms with Crippen LogP contribution in [0.5, 0.6) is 11.5 Å². The second-order valence-corrected chi connectivity index (χ2v) is 5.82. The van der Waals surface area contributed by atoms with Crippen LogP contribution in [0, 0.1) is 5.92 Å². The van der Waals surface area contributed by atoms with Crippen LogP contribution in [0.15, 0.2) is 18.2 Å². The first kappa shape index (κ1) is 15.8. The molecule has 0 aliphatic heterocycles. The van der Waals surface area contributed by atoms with Crippen molar-refractivity contribution in [2.24, 2.45) is 5.92 Å². The maximum Gasteiger partial charge on any atom is 0.124 e. The van der Waals surface area contributed by atoms with Crippen LogP contribution in [0.1, 0.15) is 58.6 Å². The Bertz CT molecular complexity index is 370. The first-order chi connectivity index (χ1) is 8.91. The Morgan fingerprint density at radius 2 is 1.58 bits per heavy atom. The molecular formula is C16H27NO2. The molecule has 19 heavy (non-hydrogen) atoms. The van der Waals surface area contributed by atoms with Crippen LogP contribution in [0.4, 0.5) is 0 Å². The Hall–Kier alpha value is -1.22. The van der Waals surface area contributed by atoms with Gasteiger partial charge in [-0.3, -0.25) is 0 Å². The monoisotopic (exact) mass is 265 g/mol. The van der Waals surface area contributed by atoms with Gasteiger partial charge in [-0.1, -0.05) is 32.8 Å². The van der Waals surface area contributed by atoms with Gasteiger partial charge in [-0.15, -0.1) is 0 Å². The summed E-state index contributed by atoms with van der Waals surface area (Å²) in [7, 11) is 0. The Balaban J connectivity index is 2.52. The van der Waals surface area contributed by atoms with Gasteiger partial charge in [0.2, 0.25) is 0 Å². The summed E-state index contributed by atoms with van der Waals surface area (Å²) < 4.78 is 0. The van der Waals surface area contributed by atoms with Gasteiger partial charge in [0.15, 0.2) is 0 Å². The molecule has 0 aliphatic rings. The number of phenols is 2. The molecule has 3 heteroatoms. The molecule has 0 amide bonds. The SMILES string of the molecule is CC(C)CCCC(C)NC(C)c1c(O)cccc1O. The third kappa shape index (κ3) is 5.11. The molecule has 108 valence electrons. The first-order valence-corrected chi connectivity index (χ1v) is 7.18. The average Bonchev–Trinajstić information content (AvgIpc) is 2.27. The van der Waals surface area contributed by atoms with Gasteiger partial charge >= 0.3 is 0 Å². The molecule has 2 unspecified atom stereocenters. The summed E-state index contributed by atoms with van der Waals surface area (Å²) in [6, 6.07) is 5.17. The fraction of sp³-hybridized carbons (Fsp3) is 0.625. The molecule has 0 aliphatic carbocycles. The van der Waals surface area contributed by atoms with Crippen LogP contribution < -0.4 is 5.32 Å². The molecule has 0 fully saturated rings. The second kappa shape index (κ2) is 7.39. The third-order valence-corrected chi connectivity index (χ3v) is 3.45. The van der Waals surface area contributed by atoms with Crippen molar-refractivity contribution in [3.8, 4) is 11.5 Å².